The molecule has 0 N–H and O–H groups in total. The lowest BCUT2D eigenvalue weighted by atomic mass is 10.2. The Morgan fingerprint density at radius 3 is 2.07 bits per heavy atom. The predicted molar refractivity (Wildman–Crippen MR) is 48.4 cm³/mol. The molecule has 6 heteroatoms. The van der Waals surface area contributed by atoms with Gasteiger partial charge in [-0.25, -0.2) is 4.79 Å². The van der Waals surface area contributed by atoms with Gasteiger partial charge < -0.3 is 0 Å². The van der Waals surface area contributed by atoms with Crippen LogP contribution in [0, 0.1) is 0 Å². The van der Waals surface area contributed by atoms with Crippen LogP contribution in [0.2, 0.25) is 0 Å². The summed E-state index contributed by atoms with van der Waals surface area (Å²) in [5.41, 5.74) is -0.679. The second-order valence-corrected chi connectivity index (χ2v) is 4.17. The van der Waals surface area contributed by atoms with Gasteiger partial charge in [0.1, 0.15) is 5.60 Å². The van der Waals surface area contributed by atoms with Crippen LogP contribution in [-0.4, -0.2) is 28.4 Å². The Kier molecular flexibility index (Phi) is 3.09. The SMILES string of the molecule is CC(C)(C)OOC(=O)N1C(=O)CCC1=O. The summed E-state index contributed by atoms with van der Waals surface area (Å²) in [7, 11) is 0. The normalized spacial score (nSPS) is 17.1. The monoisotopic (exact) mass is 215 g/mol. The average molecular weight is 215 g/mol. The first-order valence-corrected chi connectivity index (χ1v) is 4.57. The Balaban J connectivity index is 2.54. The second-order valence-electron chi connectivity index (χ2n) is 4.17. The summed E-state index contributed by atoms with van der Waals surface area (Å²) in [6.45, 7) is 5.02. The van der Waals surface area contributed by atoms with Crippen LogP contribution in [0.3, 0.4) is 0 Å². The van der Waals surface area contributed by atoms with Crippen LogP contribution >= 0.6 is 0 Å². The molecule has 6 nitrogen and oxygen atoms in total. The van der Waals surface area contributed by atoms with Gasteiger partial charge in [-0.2, -0.15) is 9.79 Å². The third-order valence-electron chi connectivity index (χ3n) is 1.60. The van der Waals surface area contributed by atoms with Gasteiger partial charge in [0.2, 0.25) is 11.8 Å². The molecule has 15 heavy (non-hydrogen) atoms. The summed E-state index contributed by atoms with van der Waals surface area (Å²) >= 11 is 0. The minimum Gasteiger partial charge on any atom is -0.274 e. The maximum atomic E-state index is 11.2. The minimum absolute atomic E-state index is 0.0451. The van der Waals surface area contributed by atoms with E-state index in [4.69, 9.17) is 4.89 Å². The number of hydrogen-bond acceptors (Lipinski definition) is 5. The van der Waals surface area contributed by atoms with Gasteiger partial charge in [0.15, 0.2) is 0 Å². The van der Waals surface area contributed by atoms with Gasteiger partial charge >= 0.3 is 6.09 Å². The van der Waals surface area contributed by atoms with Crippen LogP contribution in [0.5, 0.6) is 0 Å². The van der Waals surface area contributed by atoms with Crippen molar-refractivity contribution in [2.75, 3.05) is 0 Å². The Hall–Kier alpha value is -1.43. The highest BCUT2D eigenvalue weighted by molar-refractivity contribution is 6.13. The highest BCUT2D eigenvalue weighted by Gasteiger charge is 2.36. The van der Waals surface area contributed by atoms with Crippen molar-refractivity contribution in [3.63, 3.8) is 0 Å². The molecule has 0 radical (unpaired) electrons. The molecule has 1 saturated heterocycles. The molecular weight excluding hydrogens is 202 g/mol. The van der Waals surface area contributed by atoms with E-state index in [0.717, 1.165) is 0 Å². The van der Waals surface area contributed by atoms with Gasteiger partial charge in [-0.15, -0.1) is 0 Å². The molecule has 3 amide bonds. The smallest absolute Gasteiger partial charge is 0.274 e. The Bertz CT molecular complexity index is 288. The van der Waals surface area contributed by atoms with Gasteiger partial charge in [-0.3, -0.25) is 14.5 Å². The first-order chi connectivity index (χ1) is 6.81. The number of likely N-dealkylation sites (tertiary alicyclic amines) is 1. The largest absolute Gasteiger partial charge is 0.454 e. The second kappa shape index (κ2) is 3.98. The van der Waals surface area contributed by atoms with Crippen molar-refractivity contribution in [1.82, 2.24) is 4.90 Å². The molecule has 0 bridgehead atoms. The van der Waals surface area contributed by atoms with Gasteiger partial charge in [0, 0.05) is 12.8 Å². The van der Waals surface area contributed by atoms with E-state index in [-0.39, 0.29) is 12.8 Å². The molecule has 0 unspecified atom stereocenters. The molecule has 84 valence electrons. The Morgan fingerprint density at radius 2 is 1.67 bits per heavy atom. The van der Waals surface area contributed by atoms with E-state index in [0.29, 0.717) is 4.90 Å². The zero-order valence-corrected chi connectivity index (χ0v) is 8.90. The molecule has 0 atom stereocenters. The van der Waals surface area contributed by atoms with Gasteiger partial charge in [-0.1, -0.05) is 0 Å². The Morgan fingerprint density at radius 1 is 1.20 bits per heavy atom. The van der Waals surface area contributed by atoms with Crippen molar-refractivity contribution >= 4 is 17.9 Å². The molecule has 0 saturated carbocycles. The molecule has 0 aromatic heterocycles. The highest BCUT2D eigenvalue weighted by atomic mass is 17.2. The quantitative estimate of drug-likeness (QED) is 0.370. The summed E-state index contributed by atoms with van der Waals surface area (Å²) in [5.74, 6) is -1.11. The zero-order chi connectivity index (χ0) is 11.6. The van der Waals surface area contributed by atoms with E-state index in [1.54, 1.807) is 20.8 Å². The van der Waals surface area contributed by atoms with E-state index < -0.39 is 23.5 Å². The summed E-state index contributed by atoms with van der Waals surface area (Å²) in [4.78, 5) is 43.0. The number of rotatable bonds is 1. The fourth-order valence-corrected chi connectivity index (χ4v) is 0.978. The molecule has 1 aliphatic heterocycles. The number of hydrogen-bond donors (Lipinski definition) is 0. The highest BCUT2D eigenvalue weighted by Crippen LogP contribution is 2.15. The van der Waals surface area contributed by atoms with Crippen LogP contribution in [0.25, 0.3) is 0 Å². The van der Waals surface area contributed by atoms with Crippen LogP contribution < -0.4 is 0 Å². The lowest BCUT2D eigenvalue weighted by molar-refractivity contribution is -0.303. The van der Waals surface area contributed by atoms with E-state index >= 15 is 0 Å². The lowest BCUT2D eigenvalue weighted by Gasteiger charge is -2.18. The molecule has 0 aromatic rings. The van der Waals surface area contributed by atoms with Crippen LogP contribution in [0.4, 0.5) is 4.79 Å². The third-order valence-corrected chi connectivity index (χ3v) is 1.60. The van der Waals surface area contributed by atoms with Gasteiger partial charge in [-0.05, 0) is 20.8 Å². The van der Waals surface area contributed by atoms with E-state index in [1.807, 2.05) is 0 Å². The summed E-state index contributed by atoms with van der Waals surface area (Å²) in [6.07, 6.45) is -0.982. The minimum atomic E-state index is -1.07. The fourth-order valence-electron chi connectivity index (χ4n) is 0.978. The van der Waals surface area contributed by atoms with Crippen LogP contribution in [-0.2, 0) is 19.4 Å². The maximum Gasteiger partial charge on any atom is 0.454 e. The first-order valence-electron chi connectivity index (χ1n) is 4.57. The van der Waals surface area contributed by atoms with E-state index in [9.17, 15) is 14.4 Å². The standard InChI is InChI=1S/C9H13NO5/c1-9(2,3)15-14-8(13)10-6(11)4-5-7(10)12/h4-5H2,1-3H3. The number of carbonyl (C=O) groups is 3. The van der Waals surface area contributed by atoms with Crippen LogP contribution in [0.15, 0.2) is 0 Å². The first kappa shape index (κ1) is 11.6. The predicted octanol–water partition coefficient (Wildman–Crippen LogP) is 1.00. The Labute approximate surface area is 87.1 Å². The van der Waals surface area contributed by atoms with Crippen LogP contribution in [0.1, 0.15) is 33.6 Å². The van der Waals surface area contributed by atoms with Crippen molar-refractivity contribution in [3.8, 4) is 0 Å². The van der Waals surface area contributed by atoms with E-state index in [2.05, 4.69) is 4.89 Å². The maximum absolute atomic E-state index is 11.2. The molecule has 1 aliphatic rings. The van der Waals surface area contributed by atoms with Gasteiger partial charge in [0.25, 0.3) is 0 Å². The molecule has 1 rings (SSSR count). The molecule has 1 fully saturated rings. The number of imide groups is 3. The topological polar surface area (TPSA) is 72.9 Å². The number of amides is 3. The van der Waals surface area contributed by atoms with Gasteiger partial charge in [0.05, 0.1) is 0 Å². The molecule has 0 aliphatic carbocycles. The van der Waals surface area contributed by atoms with Crippen molar-refractivity contribution in [1.29, 1.82) is 0 Å². The third kappa shape index (κ3) is 3.02. The summed E-state index contributed by atoms with van der Waals surface area (Å²) in [5, 5.41) is 0. The van der Waals surface area contributed by atoms with Crippen molar-refractivity contribution in [2.45, 2.75) is 39.2 Å². The van der Waals surface area contributed by atoms with Crippen molar-refractivity contribution < 1.29 is 24.2 Å². The summed E-state index contributed by atoms with van der Waals surface area (Å²) in [6, 6.07) is 0. The average Bonchev–Trinajstić information content (AvgIpc) is 2.41. The van der Waals surface area contributed by atoms with Crippen molar-refractivity contribution in [3.05, 3.63) is 0 Å². The van der Waals surface area contributed by atoms with Crippen molar-refractivity contribution in [2.24, 2.45) is 0 Å². The molecule has 0 spiro atoms. The molecular formula is C9H13NO5. The number of nitrogens with zero attached hydrogens (tertiary/aromatic N) is 1. The molecule has 1 heterocycles. The molecule has 0 aromatic carbocycles. The fraction of sp³-hybridized carbons (Fsp3) is 0.667. The van der Waals surface area contributed by atoms with E-state index in [1.165, 1.54) is 0 Å². The lowest BCUT2D eigenvalue weighted by Crippen LogP contribution is -2.37. The zero-order valence-electron chi connectivity index (χ0n) is 8.90. The summed E-state index contributed by atoms with van der Waals surface area (Å²) < 4.78 is 0. The number of carbonyl (C=O) groups excluding carboxylic acids is 3.